The van der Waals surface area contributed by atoms with Crippen LogP contribution in [0.5, 0.6) is 0 Å². The second-order valence-electron chi connectivity index (χ2n) is 7.74. The van der Waals surface area contributed by atoms with E-state index in [0.717, 1.165) is 43.7 Å². The van der Waals surface area contributed by atoms with Gasteiger partial charge in [-0.3, -0.25) is 4.79 Å². The van der Waals surface area contributed by atoms with Crippen LogP contribution in [0.3, 0.4) is 0 Å². The third-order valence-corrected chi connectivity index (χ3v) is 5.74. The van der Waals surface area contributed by atoms with Crippen molar-refractivity contribution in [1.82, 2.24) is 15.5 Å². The number of furan rings is 1. The van der Waals surface area contributed by atoms with E-state index in [0.29, 0.717) is 18.3 Å². The standard InChI is InChI=1S/C21H28N4O2/c26-21(22-17-8-3-1-2-4-9-17)16-7-5-13-25(15-16)20-12-11-18(23-24-20)19-10-6-14-27-19/h6,10-12,14,16-17H,1-5,7-9,13,15H2,(H,22,26). The predicted octanol–water partition coefficient (Wildman–Crippen LogP) is 3.79. The number of carbonyl (C=O) groups excluding carboxylic acids is 1. The molecule has 0 spiro atoms. The van der Waals surface area contributed by atoms with E-state index < -0.39 is 0 Å². The zero-order valence-corrected chi connectivity index (χ0v) is 15.8. The molecule has 1 N–H and O–H groups in total. The quantitative estimate of drug-likeness (QED) is 0.831. The number of anilines is 1. The number of aromatic nitrogens is 2. The lowest BCUT2D eigenvalue weighted by molar-refractivity contribution is -0.126. The van der Waals surface area contributed by atoms with Crippen molar-refractivity contribution in [2.75, 3.05) is 18.0 Å². The number of hydrogen-bond acceptors (Lipinski definition) is 5. The Morgan fingerprint density at radius 1 is 1.04 bits per heavy atom. The summed E-state index contributed by atoms with van der Waals surface area (Å²) in [4.78, 5) is 15.0. The van der Waals surface area contributed by atoms with E-state index in [9.17, 15) is 4.79 Å². The maximum atomic E-state index is 12.8. The summed E-state index contributed by atoms with van der Waals surface area (Å²) in [6, 6.07) is 7.97. The van der Waals surface area contributed by atoms with E-state index in [1.54, 1.807) is 6.26 Å². The molecule has 0 bridgehead atoms. The van der Waals surface area contributed by atoms with Crippen molar-refractivity contribution >= 4 is 11.7 Å². The molecule has 144 valence electrons. The Morgan fingerprint density at radius 2 is 1.89 bits per heavy atom. The fraction of sp³-hybridized carbons (Fsp3) is 0.571. The summed E-state index contributed by atoms with van der Waals surface area (Å²) in [5.41, 5.74) is 0.725. The Labute approximate surface area is 160 Å². The highest BCUT2D eigenvalue weighted by Gasteiger charge is 2.28. The van der Waals surface area contributed by atoms with Crippen molar-refractivity contribution in [2.45, 2.75) is 57.4 Å². The second kappa shape index (κ2) is 8.55. The van der Waals surface area contributed by atoms with Gasteiger partial charge in [0.1, 0.15) is 5.69 Å². The van der Waals surface area contributed by atoms with Crippen LogP contribution in [-0.4, -0.2) is 35.2 Å². The zero-order chi connectivity index (χ0) is 18.5. The topological polar surface area (TPSA) is 71.3 Å². The summed E-state index contributed by atoms with van der Waals surface area (Å²) < 4.78 is 5.37. The zero-order valence-electron chi connectivity index (χ0n) is 15.8. The van der Waals surface area contributed by atoms with Crippen molar-refractivity contribution < 1.29 is 9.21 Å². The van der Waals surface area contributed by atoms with Gasteiger partial charge < -0.3 is 14.6 Å². The Hall–Kier alpha value is -2.37. The molecule has 2 aliphatic rings. The molecule has 4 rings (SSSR count). The van der Waals surface area contributed by atoms with E-state index in [1.165, 1.54) is 25.7 Å². The third kappa shape index (κ3) is 4.49. The van der Waals surface area contributed by atoms with Gasteiger partial charge in [0.05, 0.1) is 12.2 Å². The molecule has 1 aliphatic carbocycles. The maximum Gasteiger partial charge on any atom is 0.225 e. The number of amides is 1. The van der Waals surface area contributed by atoms with E-state index in [4.69, 9.17) is 4.42 Å². The van der Waals surface area contributed by atoms with Gasteiger partial charge in [-0.05, 0) is 49.9 Å². The van der Waals surface area contributed by atoms with Gasteiger partial charge in [-0.25, -0.2) is 0 Å². The van der Waals surface area contributed by atoms with Gasteiger partial charge in [0.25, 0.3) is 0 Å². The monoisotopic (exact) mass is 368 g/mol. The Kier molecular flexibility index (Phi) is 5.70. The van der Waals surface area contributed by atoms with Crippen LogP contribution in [0.15, 0.2) is 34.9 Å². The molecule has 6 heteroatoms. The van der Waals surface area contributed by atoms with Crippen molar-refractivity contribution in [3.63, 3.8) is 0 Å². The SMILES string of the molecule is O=C(NC1CCCCCC1)C1CCCN(c2ccc(-c3ccco3)nn2)C1. The molecular formula is C21H28N4O2. The fourth-order valence-corrected chi connectivity index (χ4v) is 4.19. The molecule has 1 aliphatic heterocycles. The van der Waals surface area contributed by atoms with Crippen LogP contribution in [0.4, 0.5) is 5.82 Å². The molecule has 27 heavy (non-hydrogen) atoms. The molecule has 0 aromatic carbocycles. The summed E-state index contributed by atoms with van der Waals surface area (Å²) >= 11 is 0. The van der Waals surface area contributed by atoms with Crippen LogP contribution in [0.1, 0.15) is 51.4 Å². The summed E-state index contributed by atoms with van der Waals surface area (Å²) in [6.45, 7) is 1.63. The molecule has 1 amide bonds. The lowest BCUT2D eigenvalue weighted by Crippen LogP contribution is -2.46. The number of rotatable bonds is 4. The van der Waals surface area contributed by atoms with Crippen molar-refractivity contribution in [1.29, 1.82) is 0 Å². The largest absolute Gasteiger partial charge is 0.463 e. The number of carbonyl (C=O) groups is 1. The highest BCUT2D eigenvalue weighted by molar-refractivity contribution is 5.79. The maximum absolute atomic E-state index is 12.8. The average Bonchev–Trinajstić information content (AvgIpc) is 3.14. The van der Waals surface area contributed by atoms with Gasteiger partial charge in [-0.1, -0.05) is 25.7 Å². The van der Waals surface area contributed by atoms with Crippen molar-refractivity contribution in [2.24, 2.45) is 5.92 Å². The minimum Gasteiger partial charge on any atom is -0.463 e. The van der Waals surface area contributed by atoms with Crippen LogP contribution in [-0.2, 0) is 4.79 Å². The van der Waals surface area contributed by atoms with Crippen molar-refractivity contribution in [3.8, 4) is 11.5 Å². The Morgan fingerprint density at radius 3 is 2.59 bits per heavy atom. The Bertz CT molecular complexity index is 721. The molecule has 3 heterocycles. The van der Waals surface area contributed by atoms with E-state index in [-0.39, 0.29) is 11.8 Å². The van der Waals surface area contributed by atoms with E-state index >= 15 is 0 Å². The van der Waals surface area contributed by atoms with E-state index in [2.05, 4.69) is 20.4 Å². The lowest BCUT2D eigenvalue weighted by Gasteiger charge is -2.33. The molecule has 1 unspecified atom stereocenters. The minimum absolute atomic E-state index is 0.0357. The van der Waals surface area contributed by atoms with Crippen LogP contribution in [0.25, 0.3) is 11.5 Å². The average molecular weight is 368 g/mol. The molecule has 2 aromatic heterocycles. The lowest BCUT2D eigenvalue weighted by atomic mass is 9.96. The van der Waals surface area contributed by atoms with Gasteiger partial charge >= 0.3 is 0 Å². The van der Waals surface area contributed by atoms with Gasteiger partial charge in [-0.2, -0.15) is 0 Å². The van der Waals surface area contributed by atoms with Gasteiger partial charge in [0.15, 0.2) is 11.6 Å². The van der Waals surface area contributed by atoms with Crippen LogP contribution >= 0.6 is 0 Å². The number of piperidine rings is 1. The Balaban J connectivity index is 1.36. The van der Waals surface area contributed by atoms with Crippen LogP contribution in [0.2, 0.25) is 0 Å². The molecule has 6 nitrogen and oxygen atoms in total. The summed E-state index contributed by atoms with van der Waals surface area (Å²) in [5, 5.41) is 12.0. The molecular weight excluding hydrogens is 340 g/mol. The smallest absolute Gasteiger partial charge is 0.225 e. The molecule has 1 atom stereocenters. The molecule has 1 saturated heterocycles. The van der Waals surface area contributed by atoms with Gasteiger partial charge in [-0.15, -0.1) is 10.2 Å². The molecule has 0 radical (unpaired) electrons. The van der Waals surface area contributed by atoms with Gasteiger partial charge in [0, 0.05) is 19.1 Å². The first-order valence-corrected chi connectivity index (χ1v) is 10.2. The molecule has 2 aromatic rings. The minimum atomic E-state index is 0.0357. The van der Waals surface area contributed by atoms with Crippen molar-refractivity contribution in [3.05, 3.63) is 30.5 Å². The molecule has 2 fully saturated rings. The first-order chi connectivity index (χ1) is 13.3. The summed E-state index contributed by atoms with van der Waals surface area (Å²) in [6.07, 6.45) is 10.9. The first kappa shape index (κ1) is 18.0. The highest BCUT2D eigenvalue weighted by atomic mass is 16.3. The summed E-state index contributed by atoms with van der Waals surface area (Å²) in [7, 11) is 0. The van der Waals surface area contributed by atoms with E-state index in [1.807, 2.05) is 24.3 Å². The highest BCUT2D eigenvalue weighted by Crippen LogP contribution is 2.24. The number of nitrogens with zero attached hydrogens (tertiary/aromatic N) is 3. The normalized spacial score (nSPS) is 21.6. The third-order valence-electron chi connectivity index (χ3n) is 5.74. The predicted molar refractivity (Wildman–Crippen MR) is 104 cm³/mol. The second-order valence-corrected chi connectivity index (χ2v) is 7.74. The molecule has 1 saturated carbocycles. The first-order valence-electron chi connectivity index (χ1n) is 10.2. The number of hydrogen-bond donors (Lipinski definition) is 1. The fourth-order valence-electron chi connectivity index (χ4n) is 4.19. The van der Waals surface area contributed by atoms with Gasteiger partial charge in [0.2, 0.25) is 5.91 Å². The summed E-state index contributed by atoms with van der Waals surface area (Å²) in [5.74, 6) is 1.80. The van der Waals surface area contributed by atoms with Crippen LogP contribution < -0.4 is 10.2 Å². The number of nitrogens with one attached hydrogen (secondary N) is 1. The van der Waals surface area contributed by atoms with Crippen LogP contribution in [0, 0.1) is 5.92 Å².